The van der Waals surface area contributed by atoms with E-state index in [1.54, 1.807) is 0 Å². The zero-order valence-electron chi connectivity index (χ0n) is 10.7. The fraction of sp³-hybridized carbons (Fsp3) is 0.308. The van der Waals surface area contributed by atoms with E-state index < -0.39 is 0 Å². The molecule has 100 valence electrons. The van der Waals surface area contributed by atoms with Gasteiger partial charge in [0.25, 0.3) is 0 Å². The number of rotatable bonds is 6. The van der Waals surface area contributed by atoms with Gasteiger partial charge in [0, 0.05) is 0 Å². The van der Waals surface area contributed by atoms with Crippen molar-refractivity contribution in [1.82, 2.24) is 15.0 Å². The van der Waals surface area contributed by atoms with Gasteiger partial charge in [-0.1, -0.05) is 37.3 Å². The molecule has 6 heteroatoms. The third-order valence-corrected chi connectivity index (χ3v) is 2.26. The van der Waals surface area contributed by atoms with E-state index in [4.69, 9.17) is 15.2 Å². The van der Waals surface area contributed by atoms with Crippen molar-refractivity contribution in [3.63, 3.8) is 0 Å². The van der Waals surface area contributed by atoms with E-state index in [0.717, 1.165) is 12.0 Å². The maximum absolute atomic E-state index is 5.58. The molecule has 0 aliphatic carbocycles. The summed E-state index contributed by atoms with van der Waals surface area (Å²) in [5.74, 6) is 0.0872. The minimum atomic E-state index is 0.0872. The molecule has 0 saturated heterocycles. The number of benzene rings is 1. The number of anilines is 1. The second kappa shape index (κ2) is 6.53. The van der Waals surface area contributed by atoms with Crippen molar-refractivity contribution in [2.24, 2.45) is 0 Å². The van der Waals surface area contributed by atoms with Crippen LogP contribution in [0.15, 0.2) is 30.3 Å². The molecule has 1 aromatic carbocycles. The second-order valence-corrected chi connectivity index (χ2v) is 3.88. The Hall–Kier alpha value is -2.37. The lowest BCUT2D eigenvalue weighted by atomic mass is 10.2. The van der Waals surface area contributed by atoms with Crippen LogP contribution in [0.3, 0.4) is 0 Å². The van der Waals surface area contributed by atoms with Crippen LogP contribution in [0, 0.1) is 0 Å². The van der Waals surface area contributed by atoms with E-state index in [0.29, 0.717) is 13.2 Å². The van der Waals surface area contributed by atoms with Crippen LogP contribution in [0.25, 0.3) is 0 Å². The summed E-state index contributed by atoms with van der Waals surface area (Å²) < 4.78 is 10.8. The quantitative estimate of drug-likeness (QED) is 0.853. The molecule has 0 radical (unpaired) electrons. The van der Waals surface area contributed by atoms with Gasteiger partial charge in [0.05, 0.1) is 6.61 Å². The molecule has 0 aliphatic rings. The monoisotopic (exact) mass is 260 g/mol. The standard InChI is InChI=1S/C13H16N4O2/c1-2-8-18-12-15-11(14)16-13(17-12)19-9-10-6-4-3-5-7-10/h3-7H,2,8-9H2,1H3,(H2,14,15,16,17). The number of ether oxygens (including phenoxy) is 2. The number of hydrogen-bond acceptors (Lipinski definition) is 6. The molecule has 2 aromatic rings. The highest BCUT2D eigenvalue weighted by Crippen LogP contribution is 2.12. The normalized spacial score (nSPS) is 10.2. The molecule has 1 heterocycles. The van der Waals surface area contributed by atoms with E-state index in [1.807, 2.05) is 37.3 Å². The molecule has 0 unspecified atom stereocenters. The first-order valence-electron chi connectivity index (χ1n) is 6.09. The van der Waals surface area contributed by atoms with Crippen LogP contribution in [0.1, 0.15) is 18.9 Å². The molecular weight excluding hydrogens is 244 g/mol. The van der Waals surface area contributed by atoms with E-state index in [9.17, 15) is 0 Å². The molecular formula is C13H16N4O2. The molecule has 0 atom stereocenters. The van der Waals surface area contributed by atoms with E-state index in [1.165, 1.54) is 0 Å². The van der Waals surface area contributed by atoms with Gasteiger partial charge >= 0.3 is 12.0 Å². The number of nitrogens with zero attached hydrogens (tertiary/aromatic N) is 3. The minimum absolute atomic E-state index is 0.0872. The average molecular weight is 260 g/mol. The highest BCUT2D eigenvalue weighted by Gasteiger charge is 2.06. The second-order valence-electron chi connectivity index (χ2n) is 3.88. The Labute approximate surface area is 111 Å². The molecule has 0 saturated carbocycles. The number of nitrogens with two attached hydrogens (primary N) is 1. The summed E-state index contributed by atoms with van der Waals surface area (Å²) in [6.45, 7) is 2.90. The lowest BCUT2D eigenvalue weighted by Gasteiger charge is -2.07. The molecule has 0 amide bonds. The van der Waals surface area contributed by atoms with Gasteiger partial charge in [0.2, 0.25) is 5.95 Å². The number of hydrogen-bond donors (Lipinski definition) is 1. The fourth-order valence-electron chi connectivity index (χ4n) is 1.40. The van der Waals surface area contributed by atoms with Crippen LogP contribution in [-0.2, 0) is 6.61 Å². The summed E-state index contributed by atoms with van der Waals surface area (Å²) in [5.41, 5.74) is 6.60. The summed E-state index contributed by atoms with van der Waals surface area (Å²) in [7, 11) is 0. The first-order valence-corrected chi connectivity index (χ1v) is 6.09. The Bertz CT molecular complexity index is 519. The Balaban J connectivity index is 2.01. The van der Waals surface area contributed by atoms with Gasteiger partial charge in [0.15, 0.2) is 0 Å². The van der Waals surface area contributed by atoms with Crippen molar-refractivity contribution in [3.05, 3.63) is 35.9 Å². The lowest BCUT2D eigenvalue weighted by Crippen LogP contribution is -2.07. The van der Waals surface area contributed by atoms with Gasteiger partial charge in [0.1, 0.15) is 6.61 Å². The van der Waals surface area contributed by atoms with Crippen molar-refractivity contribution in [2.75, 3.05) is 12.3 Å². The maximum atomic E-state index is 5.58. The third kappa shape index (κ3) is 4.09. The van der Waals surface area contributed by atoms with Crippen molar-refractivity contribution in [1.29, 1.82) is 0 Å². The summed E-state index contributed by atoms with van der Waals surface area (Å²) in [6, 6.07) is 10.1. The van der Waals surface area contributed by atoms with Gasteiger partial charge in [-0.3, -0.25) is 0 Å². The molecule has 1 aromatic heterocycles. The fourth-order valence-corrected chi connectivity index (χ4v) is 1.40. The van der Waals surface area contributed by atoms with Crippen molar-refractivity contribution in [3.8, 4) is 12.0 Å². The Morgan fingerprint density at radius 2 is 1.68 bits per heavy atom. The molecule has 19 heavy (non-hydrogen) atoms. The largest absolute Gasteiger partial charge is 0.463 e. The van der Waals surface area contributed by atoms with Crippen molar-refractivity contribution < 1.29 is 9.47 Å². The van der Waals surface area contributed by atoms with Crippen molar-refractivity contribution in [2.45, 2.75) is 20.0 Å². The summed E-state index contributed by atoms with van der Waals surface area (Å²) in [5, 5.41) is 0. The number of aromatic nitrogens is 3. The maximum Gasteiger partial charge on any atom is 0.324 e. The molecule has 0 aliphatic heterocycles. The first-order chi connectivity index (χ1) is 9.28. The van der Waals surface area contributed by atoms with Crippen molar-refractivity contribution >= 4 is 5.95 Å². The predicted octanol–water partition coefficient (Wildman–Crippen LogP) is 1.82. The van der Waals surface area contributed by atoms with Gasteiger partial charge < -0.3 is 15.2 Å². The molecule has 2 rings (SSSR count). The van der Waals surface area contributed by atoms with Gasteiger partial charge in [-0.2, -0.15) is 9.97 Å². The predicted molar refractivity (Wildman–Crippen MR) is 70.8 cm³/mol. The Kier molecular flexibility index (Phi) is 4.49. The zero-order valence-corrected chi connectivity index (χ0v) is 10.7. The highest BCUT2D eigenvalue weighted by molar-refractivity contribution is 5.21. The Morgan fingerprint density at radius 3 is 2.37 bits per heavy atom. The SMILES string of the molecule is CCCOc1nc(N)nc(OCc2ccccc2)n1. The topological polar surface area (TPSA) is 83.2 Å². The first kappa shape index (κ1) is 13.1. The summed E-state index contributed by atoms with van der Waals surface area (Å²) in [4.78, 5) is 11.8. The Morgan fingerprint density at radius 1 is 1.00 bits per heavy atom. The molecule has 0 spiro atoms. The minimum Gasteiger partial charge on any atom is -0.463 e. The molecule has 0 fully saturated rings. The van der Waals surface area contributed by atoms with Crippen LogP contribution in [0.4, 0.5) is 5.95 Å². The highest BCUT2D eigenvalue weighted by atomic mass is 16.5. The van der Waals surface area contributed by atoms with Crippen LogP contribution < -0.4 is 15.2 Å². The smallest absolute Gasteiger partial charge is 0.324 e. The van der Waals surface area contributed by atoms with Crippen LogP contribution in [0.2, 0.25) is 0 Å². The van der Waals surface area contributed by atoms with Crippen LogP contribution in [0.5, 0.6) is 12.0 Å². The van der Waals surface area contributed by atoms with Gasteiger partial charge in [-0.05, 0) is 12.0 Å². The molecule has 0 bridgehead atoms. The van der Waals surface area contributed by atoms with Gasteiger partial charge in [-0.15, -0.1) is 4.98 Å². The van der Waals surface area contributed by atoms with E-state index >= 15 is 0 Å². The summed E-state index contributed by atoms with van der Waals surface area (Å²) in [6.07, 6.45) is 0.867. The zero-order chi connectivity index (χ0) is 13.5. The number of nitrogen functional groups attached to an aromatic ring is 1. The lowest BCUT2D eigenvalue weighted by molar-refractivity contribution is 0.256. The van der Waals surface area contributed by atoms with E-state index in [-0.39, 0.29) is 18.0 Å². The van der Waals surface area contributed by atoms with Gasteiger partial charge in [-0.25, -0.2) is 0 Å². The van der Waals surface area contributed by atoms with E-state index in [2.05, 4.69) is 15.0 Å². The van der Waals surface area contributed by atoms with Crippen LogP contribution >= 0.6 is 0 Å². The molecule has 6 nitrogen and oxygen atoms in total. The average Bonchev–Trinajstić information content (AvgIpc) is 2.43. The summed E-state index contributed by atoms with van der Waals surface area (Å²) >= 11 is 0. The molecule has 2 N–H and O–H groups in total. The third-order valence-electron chi connectivity index (χ3n) is 2.26. The van der Waals surface area contributed by atoms with Crippen LogP contribution in [-0.4, -0.2) is 21.6 Å².